The summed E-state index contributed by atoms with van der Waals surface area (Å²) >= 11 is 0. The van der Waals surface area contributed by atoms with E-state index in [9.17, 15) is 9.59 Å². The first kappa shape index (κ1) is 10.2. The summed E-state index contributed by atoms with van der Waals surface area (Å²) in [5.41, 5.74) is 0.0630. The molecule has 0 aliphatic heterocycles. The molecule has 1 aromatic carbocycles. The smallest absolute Gasteiger partial charge is 0.336 e. The average molecular weight is 193 g/mol. The van der Waals surface area contributed by atoms with E-state index in [1.54, 1.807) is 19.4 Å². The van der Waals surface area contributed by atoms with Crippen LogP contribution >= 0.6 is 0 Å². The average Bonchev–Trinajstić information content (AvgIpc) is 2.16. The zero-order chi connectivity index (χ0) is 10.7. The van der Waals surface area contributed by atoms with Crippen molar-refractivity contribution >= 4 is 11.9 Å². The fraction of sp³-hybridized carbons (Fsp3) is 0.100. The molecule has 14 heavy (non-hydrogen) atoms. The van der Waals surface area contributed by atoms with E-state index in [2.05, 4.69) is 0 Å². The van der Waals surface area contributed by atoms with Gasteiger partial charge in [-0.05, 0) is 18.1 Å². The number of hydrogen-bond acceptors (Lipinski definition) is 2. The molecule has 0 unspecified atom stereocenters. The zero-order valence-electron chi connectivity index (χ0n) is 7.52. The molecule has 0 aliphatic rings. The molecule has 1 rings (SSSR count). The highest BCUT2D eigenvalue weighted by Gasteiger charge is 2.18. The Morgan fingerprint density at radius 3 is 2.29 bits per heavy atom. The van der Waals surface area contributed by atoms with E-state index < -0.39 is 11.9 Å². The molecular formula is C10H9O4. The maximum atomic E-state index is 10.8. The molecular weight excluding hydrogens is 184 g/mol. The lowest BCUT2D eigenvalue weighted by Crippen LogP contribution is -2.10. The fourth-order valence-corrected chi connectivity index (χ4v) is 1.23. The van der Waals surface area contributed by atoms with Crippen LogP contribution in [0.2, 0.25) is 0 Å². The van der Waals surface area contributed by atoms with E-state index in [-0.39, 0.29) is 11.1 Å². The quantitative estimate of drug-likeness (QED) is 0.765. The van der Waals surface area contributed by atoms with Crippen molar-refractivity contribution in [3.63, 3.8) is 0 Å². The van der Waals surface area contributed by atoms with Crippen LogP contribution in [0.1, 0.15) is 33.2 Å². The predicted octanol–water partition coefficient (Wildman–Crippen LogP) is 1.66. The van der Waals surface area contributed by atoms with E-state index >= 15 is 0 Å². The van der Waals surface area contributed by atoms with Gasteiger partial charge in [-0.1, -0.05) is 19.1 Å². The first-order valence-electron chi connectivity index (χ1n) is 3.97. The van der Waals surface area contributed by atoms with Crippen molar-refractivity contribution in [3.05, 3.63) is 41.3 Å². The van der Waals surface area contributed by atoms with E-state index in [1.165, 1.54) is 12.1 Å². The maximum Gasteiger partial charge on any atom is 0.336 e. The molecule has 0 aromatic heterocycles. The largest absolute Gasteiger partial charge is 0.478 e. The monoisotopic (exact) mass is 193 g/mol. The molecule has 0 saturated heterocycles. The van der Waals surface area contributed by atoms with Crippen LogP contribution in [-0.2, 0) is 0 Å². The Bertz CT molecular complexity index is 382. The Labute approximate surface area is 80.8 Å². The second-order valence-electron chi connectivity index (χ2n) is 2.67. The first-order valence-corrected chi connectivity index (χ1v) is 3.97. The number of carbonyl (C=O) groups is 2. The molecule has 73 valence electrons. The Hall–Kier alpha value is -1.84. The molecule has 0 aliphatic carbocycles. The van der Waals surface area contributed by atoms with Crippen molar-refractivity contribution in [1.29, 1.82) is 0 Å². The van der Waals surface area contributed by atoms with Gasteiger partial charge in [0.1, 0.15) is 0 Å². The van der Waals surface area contributed by atoms with Gasteiger partial charge in [-0.25, -0.2) is 9.59 Å². The van der Waals surface area contributed by atoms with Crippen LogP contribution in [0.4, 0.5) is 0 Å². The van der Waals surface area contributed by atoms with Gasteiger partial charge in [0, 0.05) is 0 Å². The van der Waals surface area contributed by atoms with Crippen molar-refractivity contribution in [2.45, 2.75) is 6.92 Å². The minimum absolute atomic E-state index is 0.164. The third-order valence-electron chi connectivity index (χ3n) is 1.85. The third-order valence-corrected chi connectivity index (χ3v) is 1.85. The number of benzene rings is 1. The van der Waals surface area contributed by atoms with Gasteiger partial charge in [0.05, 0.1) is 11.1 Å². The second-order valence-corrected chi connectivity index (χ2v) is 2.67. The SMILES string of the molecule is C[CH]c1cccc(C(=O)O)c1C(=O)O. The normalized spacial score (nSPS) is 9.79. The number of carboxylic acid groups (broad SMARTS) is 2. The van der Waals surface area contributed by atoms with Crippen LogP contribution in [0.25, 0.3) is 0 Å². The highest BCUT2D eigenvalue weighted by atomic mass is 16.4. The van der Waals surface area contributed by atoms with Crippen LogP contribution < -0.4 is 0 Å². The van der Waals surface area contributed by atoms with Gasteiger partial charge in [-0.15, -0.1) is 0 Å². The Kier molecular flexibility index (Phi) is 2.86. The number of carboxylic acids is 2. The maximum absolute atomic E-state index is 10.8. The molecule has 0 saturated carbocycles. The molecule has 2 N–H and O–H groups in total. The molecule has 1 aromatic rings. The van der Waals surface area contributed by atoms with E-state index in [4.69, 9.17) is 10.2 Å². The standard InChI is InChI=1S/C10H9O4/c1-2-6-4-3-5-7(9(11)12)8(6)10(13)14/h2-5H,1H3,(H,11,12)(H,13,14). The second kappa shape index (κ2) is 3.91. The van der Waals surface area contributed by atoms with Gasteiger partial charge < -0.3 is 10.2 Å². The summed E-state index contributed by atoms with van der Waals surface area (Å²) in [5.74, 6) is -2.46. The Morgan fingerprint density at radius 1 is 1.21 bits per heavy atom. The van der Waals surface area contributed by atoms with E-state index in [1.807, 2.05) is 0 Å². The molecule has 0 fully saturated rings. The summed E-state index contributed by atoms with van der Waals surface area (Å²) in [7, 11) is 0. The summed E-state index contributed by atoms with van der Waals surface area (Å²) in [6.45, 7) is 1.66. The summed E-state index contributed by atoms with van der Waals surface area (Å²) < 4.78 is 0. The van der Waals surface area contributed by atoms with Gasteiger partial charge in [-0.2, -0.15) is 0 Å². The predicted molar refractivity (Wildman–Crippen MR) is 49.4 cm³/mol. The van der Waals surface area contributed by atoms with Gasteiger partial charge in [0.15, 0.2) is 0 Å². The van der Waals surface area contributed by atoms with Crippen molar-refractivity contribution in [2.24, 2.45) is 0 Å². The molecule has 0 amide bonds. The van der Waals surface area contributed by atoms with Gasteiger partial charge in [0.25, 0.3) is 0 Å². The summed E-state index contributed by atoms with van der Waals surface area (Å²) in [4.78, 5) is 21.5. The minimum atomic E-state index is -1.23. The lowest BCUT2D eigenvalue weighted by Gasteiger charge is -2.05. The topological polar surface area (TPSA) is 74.6 Å². The molecule has 0 heterocycles. The summed E-state index contributed by atoms with van der Waals surface area (Å²) in [6.07, 6.45) is 1.57. The van der Waals surface area contributed by atoms with E-state index in [0.717, 1.165) is 0 Å². The van der Waals surface area contributed by atoms with Crippen molar-refractivity contribution in [2.75, 3.05) is 0 Å². The first-order chi connectivity index (χ1) is 6.57. The highest BCUT2D eigenvalue weighted by molar-refractivity contribution is 6.03. The van der Waals surface area contributed by atoms with Crippen molar-refractivity contribution in [1.82, 2.24) is 0 Å². The lowest BCUT2D eigenvalue weighted by molar-refractivity contribution is 0.0651. The van der Waals surface area contributed by atoms with Crippen LogP contribution in [0.5, 0.6) is 0 Å². The lowest BCUT2D eigenvalue weighted by atomic mass is 9.99. The molecule has 1 radical (unpaired) electrons. The minimum Gasteiger partial charge on any atom is -0.478 e. The van der Waals surface area contributed by atoms with Crippen molar-refractivity contribution < 1.29 is 19.8 Å². The molecule has 0 spiro atoms. The number of hydrogen-bond donors (Lipinski definition) is 2. The van der Waals surface area contributed by atoms with E-state index in [0.29, 0.717) is 5.56 Å². The summed E-state index contributed by atoms with van der Waals surface area (Å²) in [5, 5.41) is 17.6. The van der Waals surface area contributed by atoms with Crippen LogP contribution in [0.15, 0.2) is 18.2 Å². The fourth-order valence-electron chi connectivity index (χ4n) is 1.23. The van der Waals surface area contributed by atoms with Crippen LogP contribution in [0, 0.1) is 6.42 Å². The molecule has 0 bridgehead atoms. The van der Waals surface area contributed by atoms with Gasteiger partial charge >= 0.3 is 11.9 Å². The van der Waals surface area contributed by atoms with Gasteiger partial charge in [0.2, 0.25) is 0 Å². The Balaban J connectivity index is 3.43. The number of rotatable bonds is 3. The summed E-state index contributed by atoms with van der Waals surface area (Å²) in [6, 6.07) is 4.36. The molecule has 4 nitrogen and oxygen atoms in total. The van der Waals surface area contributed by atoms with Gasteiger partial charge in [-0.3, -0.25) is 0 Å². The van der Waals surface area contributed by atoms with Crippen molar-refractivity contribution in [3.8, 4) is 0 Å². The highest BCUT2D eigenvalue weighted by Crippen LogP contribution is 2.16. The third kappa shape index (κ3) is 1.74. The molecule has 4 heteroatoms. The molecule has 0 atom stereocenters. The number of aromatic carboxylic acids is 2. The van der Waals surface area contributed by atoms with Crippen LogP contribution in [0.3, 0.4) is 0 Å². The zero-order valence-corrected chi connectivity index (χ0v) is 7.52. The van der Waals surface area contributed by atoms with Crippen LogP contribution in [-0.4, -0.2) is 22.2 Å². The Morgan fingerprint density at radius 2 is 1.86 bits per heavy atom.